The second kappa shape index (κ2) is 3.10. The molecule has 2 nitrogen and oxygen atoms in total. The Hall–Kier alpha value is -1.35. The summed E-state index contributed by atoms with van der Waals surface area (Å²) in [5.41, 5.74) is 7.29. The summed E-state index contributed by atoms with van der Waals surface area (Å²) in [7, 11) is 0. The Morgan fingerprint density at radius 3 is 2.86 bits per heavy atom. The van der Waals surface area contributed by atoms with E-state index in [-0.39, 0.29) is 5.82 Å². The number of fused-ring (bicyclic) bond motifs is 1. The molecule has 0 spiro atoms. The zero-order valence-electron chi connectivity index (χ0n) is 7.51. The minimum Gasteiger partial charge on any atom is -0.396 e. The van der Waals surface area contributed by atoms with Gasteiger partial charge in [-0.2, -0.15) is 0 Å². The molecule has 4 heteroatoms. The molecule has 14 heavy (non-hydrogen) atoms. The summed E-state index contributed by atoms with van der Waals surface area (Å²) in [5, 5.41) is 1.15. The highest BCUT2D eigenvalue weighted by atomic mass is 35.5. The smallest absolute Gasteiger partial charge is 0.125 e. The molecule has 0 unspecified atom stereocenters. The minimum atomic E-state index is -0.316. The van der Waals surface area contributed by atoms with E-state index >= 15 is 0 Å². The number of benzene rings is 1. The van der Waals surface area contributed by atoms with Gasteiger partial charge in [0, 0.05) is 11.5 Å². The molecule has 0 saturated heterocycles. The van der Waals surface area contributed by atoms with Crippen molar-refractivity contribution < 1.29 is 4.39 Å². The lowest BCUT2D eigenvalue weighted by molar-refractivity contribution is 0.628. The fourth-order valence-electron chi connectivity index (χ4n) is 1.45. The van der Waals surface area contributed by atoms with Crippen molar-refractivity contribution in [3.63, 3.8) is 0 Å². The van der Waals surface area contributed by atoms with Crippen LogP contribution in [0, 0.1) is 12.7 Å². The van der Waals surface area contributed by atoms with Crippen LogP contribution in [0.25, 0.3) is 10.9 Å². The lowest BCUT2D eigenvalue weighted by atomic mass is 10.1. The van der Waals surface area contributed by atoms with E-state index < -0.39 is 0 Å². The van der Waals surface area contributed by atoms with Crippen LogP contribution in [-0.4, -0.2) is 4.98 Å². The molecule has 2 aromatic rings. The number of nitrogens with zero attached hydrogens (tertiary/aromatic N) is 1. The monoisotopic (exact) mass is 210 g/mol. The van der Waals surface area contributed by atoms with Gasteiger partial charge in [0.05, 0.1) is 22.4 Å². The van der Waals surface area contributed by atoms with Gasteiger partial charge in [-0.05, 0) is 18.6 Å². The Labute approximate surface area is 85.5 Å². The van der Waals surface area contributed by atoms with Crippen LogP contribution in [0.2, 0.25) is 5.02 Å². The van der Waals surface area contributed by atoms with Crippen molar-refractivity contribution in [1.29, 1.82) is 0 Å². The van der Waals surface area contributed by atoms with Crippen molar-refractivity contribution in [2.24, 2.45) is 0 Å². The molecule has 2 rings (SSSR count). The molecular weight excluding hydrogens is 203 g/mol. The zero-order chi connectivity index (χ0) is 10.3. The van der Waals surface area contributed by atoms with Crippen molar-refractivity contribution in [3.05, 3.63) is 34.7 Å². The van der Waals surface area contributed by atoms with Gasteiger partial charge in [0.25, 0.3) is 0 Å². The molecule has 72 valence electrons. The third kappa shape index (κ3) is 1.30. The Kier molecular flexibility index (Phi) is 2.04. The topological polar surface area (TPSA) is 38.9 Å². The van der Waals surface area contributed by atoms with Crippen LogP contribution in [0.4, 0.5) is 10.1 Å². The Morgan fingerprint density at radius 1 is 1.43 bits per heavy atom. The average molecular weight is 211 g/mol. The number of nitrogen functional groups attached to an aromatic ring is 1. The number of anilines is 1. The maximum atomic E-state index is 13.0. The van der Waals surface area contributed by atoms with Crippen LogP contribution < -0.4 is 5.73 Å². The van der Waals surface area contributed by atoms with Crippen LogP contribution in [-0.2, 0) is 0 Å². The quantitative estimate of drug-likeness (QED) is 0.726. The van der Waals surface area contributed by atoms with E-state index in [0.29, 0.717) is 21.6 Å². The zero-order valence-corrected chi connectivity index (χ0v) is 8.27. The molecule has 0 radical (unpaired) electrons. The summed E-state index contributed by atoms with van der Waals surface area (Å²) in [4.78, 5) is 4.01. The molecule has 0 saturated carbocycles. The van der Waals surface area contributed by atoms with E-state index in [1.165, 1.54) is 18.3 Å². The number of halogens is 2. The van der Waals surface area contributed by atoms with Crippen molar-refractivity contribution in [1.82, 2.24) is 4.98 Å². The number of hydrogen-bond acceptors (Lipinski definition) is 2. The SMILES string of the molecule is Cc1cc(F)cc2ncc(N)c(Cl)c12. The molecule has 0 aliphatic carbocycles. The van der Waals surface area contributed by atoms with Crippen molar-refractivity contribution >= 4 is 28.2 Å². The summed E-state index contributed by atoms with van der Waals surface area (Å²) in [5.74, 6) is -0.316. The van der Waals surface area contributed by atoms with Gasteiger partial charge in [-0.15, -0.1) is 0 Å². The molecule has 1 heterocycles. The Bertz CT molecular complexity index is 511. The molecule has 2 N–H and O–H groups in total. The predicted octanol–water partition coefficient (Wildman–Crippen LogP) is 2.92. The first-order chi connectivity index (χ1) is 6.59. The van der Waals surface area contributed by atoms with Crippen LogP contribution in [0.3, 0.4) is 0 Å². The summed E-state index contributed by atoms with van der Waals surface area (Å²) >= 11 is 6.00. The van der Waals surface area contributed by atoms with Crippen LogP contribution in [0.5, 0.6) is 0 Å². The maximum Gasteiger partial charge on any atom is 0.125 e. The highest BCUT2D eigenvalue weighted by molar-refractivity contribution is 6.38. The largest absolute Gasteiger partial charge is 0.396 e. The number of rotatable bonds is 0. The van der Waals surface area contributed by atoms with E-state index in [2.05, 4.69) is 4.98 Å². The fraction of sp³-hybridized carbons (Fsp3) is 0.100. The van der Waals surface area contributed by atoms with Gasteiger partial charge in [-0.3, -0.25) is 4.98 Å². The maximum absolute atomic E-state index is 13.0. The third-order valence-corrected chi connectivity index (χ3v) is 2.50. The van der Waals surface area contributed by atoms with Gasteiger partial charge in [0.15, 0.2) is 0 Å². The van der Waals surface area contributed by atoms with E-state index in [9.17, 15) is 4.39 Å². The van der Waals surface area contributed by atoms with Gasteiger partial charge < -0.3 is 5.73 Å². The molecular formula is C10H8ClFN2. The minimum absolute atomic E-state index is 0.316. The van der Waals surface area contributed by atoms with Gasteiger partial charge >= 0.3 is 0 Å². The van der Waals surface area contributed by atoms with E-state index in [0.717, 1.165) is 5.56 Å². The van der Waals surface area contributed by atoms with Gasteiger partial charge in [-0.1, -0.05) is 11.6 Å². The molecule has 1 aromatic heterocycles. The van der Waals surface area contributed by atoms with Crippen molar-refractivity contribution in [3.8, 4) is 0 Å². The third-order valence-electron chi connectivity index (χ3n) is 2.10. The molecule has 0 aliphatic heterocycles. The number of pyridine rings is 1. The van der Waals surface area contributed by atoms with E-state index in [1.54, 1.807) is 6.92 Å². The van der Waals surface area contributed by atoms with Crippen LogP contribution in [0.15, 0.2) is 18.3 Å². The molecule has 1 aromatic carbocycles. The predicted molar refractivity (Wildman–Crippen MR) is 55.9 cm³/mol. The standard InChI is InChI=1S/C10H8ClFN2/c1-5-2-6(12)3-8-9(5)10(11)7(13)4-14-8/h2-4H,13H2,1H3. The lowest BCUT2D eigenvalue weighted by Crippen LogP contribution is -1.92. The van der Waals surface area contributed by atoms with Gasteiger partial charge in [-0.25, -0.2) is 4.39 Å². The highest BCUT2D eigenvalue weighted by Crippen LogP contribution is 2.30. The molecule has 0 aliphatic rings. The van der Waals surface area contributed by atoms with Crippen molar-refractivity contribution in [2.75, 3.05) is 5.73 Å². The molecule has 0 amide bonds. The average Bonchev–Trinajstić information content (AvgIpc) is 2.10. The van der Waals surface area contributed by atoms with Gasteiger partial charge in [0.1, 0.15) is 5.82 Å². The first kappa shape index (κ1) is 9.21. The highest BCUT2D eigenvalue weighted by Gasteiger charge is 2.08. The second-order valence-corrected chi connectivity index (χ2v) is 3.52. The summed E-state index contributed by atoms with van der Waals surface area (Å²) in [6, 6.07) is 2.75. The lowest BCUT2D eigenvalue weighted by Gasteiger charge is -2.05. The molecule has 0 bridgehead atoms. The number of hydrogen-bond donors (Lipinski definition) is 1. The summed E-state index contributed by atoms with van der Waals surface area (Å²) in [6.45, 7) is 1.78. The summed E-state index contributed by atoms with van der Waals surface area (Å²) in [6.07, 6.45) is 1.43. The van der Waals surface area contributed by atoms with Crippen LogP contribution in [0.1, 0.15) is 5.56 Å². The number of aromatic nitrogens is 1. The second-order valence-electron chi connectivity index (χ2n) is 3.14. The first-order valence-electron chi connectivity index (χ1n) is 4.09. The Balaban J connectivity index is 2.95. The number of aryl methyl sites for hydroxylation is 1. The Morgan fingerprint density at radius 2 is 2.14 bits per heavy atom. The van der Waals surface area contributed by atoms with Gasteiger partial charge in [0.2, 0.25) is 0 Å². The normalized spacial score (nSPS) is 10.8. The first-order valence-corrected chi connectivity index (χ1v) is 4.47. The summed E-state index contributed by atoms with van der Waals surface area (Å²) < 4.78 is 13.0. The number of nitrogens with two attached hydrogens (primary N) is 1. The van der Waals surface area contributed by atoms with E-state index in [4.69, 9.17) is 17.3 Å². The fourth-order valence-corrected chi connectivity index (χ4v) is 1.75. The molecule has 0 atom stereocenters. The van der Waals surface area contributed by atoms with Crippen LogP contribution >= 0.6 is 11.6 Å². The van der Waals surface area contributed by atoms with Crippen molar-refractivity contribution in [2.45, 2.75) is 6.92 Å². The molecule has 0 fully saturated rings. The van der Waals surface area contributed by atoms with E-state index in [1.807, 2.05) is 0 Å².